The number of aromatic hydroxyl groups is 1. The van der Waals surface area contributed by atoms with E-state index >= 15 is 0 Å². The normalized spacial score (nSPS) is 26.6. The van der Waals surface area contributed by atoms with Gasteiger partial charge in [-0.05, 0) is 19.1 Å². The van der Waals surface area contributed by atoms with Crippen molar-refractivity contribution in [2.45, 2.75) is 30.9 Å². The quantitative estimate of drug-likeness (QED) is 0.306. The second-order valence-corrected chi connectivity index (χ2v) is 9.61. The van der Waals surface area contributed by atoms with Crippen LogP contribution >= 0.6 is 0 Å². The van der Waals surface area contributed by atoms with Crippen LogP contribution in [0.5, 0.6) is 5.88 Å². The zero-order valence-corrected chi connectivity index (χ0v) is 18.0. The summed E-state index contributed by atoms with van der Waals surface area (Å²) in [6.45, 7) is 2.03. The first-order valence-electron chi connectivity index (χ1n) is 11.3. The molecule has 2 bridgehead atoms. The number of benzene rings is 3. The van der Waals surface area contributed by atoms with Gasteiger partial charge in [-0.3, -0.25) is 0 Å². The molecule has 7 heteroatoms. The summed E-state index contributed by atoms with van der Waals surface area (Å²) in [5.41, 5.74) is 7.87. The van der Waals surface area contributed by atoms with Crippen molar-refractivity contribution < 1.29 is 14.9 Å². The maximum Gasteiger partial charge on any atom is 0.197 e. The van der Waals surface area contributed by atoms with Crippen molar-refractivity contribution in [2.24, 2.45) is 5.73 Å². The zero-order valence-electron chi connectivity index (χ0n) is 18.0. The number of aromatic amines is 1. The monoisotopic (exact) mass is 438 g/mol. The minimum atomic E-state index is -1.25. The summed E-state index contributed by atoms with van der Waals surface area (Å²) >= 11 is 0. The van der Waals surface area contributed by atoms with Crippen molar-refractivity contribution >= 4 is 54.4 Å². The van der Waals surface area contributed by atoms with Crippen LogP contribution in [-0.2, 0) is 10.5 Å². The lowest BCUT2D eigenvalue weighted by molar-refractivity contribution is -0.173. The van der Waals surface area contributed by atoms with E-state index in [2.05, 4.69) is 38.4 Å². The van der Waals surface area contributed by atoms with Gasteiger partial charge in [-0.1, -0.05) is 36.4 Å². The number of hydrogen-bond acceptors (Lipinski definition) is 4. The first-order valence-corrected chi connectivity index (χ1v) is 11.3. The first kappa shape index (κ1) is 18.0. The van der Waals surface area contributed by atoms with Crippen molar-refractivity contribution in [1.29, 1.82) is 0 Å². The van der Waals surface area contributed by atoms with E-state index in [1.54, 1.807) is 0 Å². The molecule has 7 nitrogen and oxygen atoms in total. The molecule has 33 heavy (non-hydrogen) atoms. The van der Waals surface area contributed by atoms with Gasteiger partial charge < -0.3 is 34.8 Å². The molecule has 8 rings (SSSR count). The van der Waals surface area contributed by atoms with Gasteiger partial charge in [0, 0.05) is 46.1 Å². The molecule has 0 aliphatic carbocycles. The van der Waals surface area contributed by atoms with Crippen molar-refractivity contribution in [2.75, 3.05) is 6.54 Å². The van der Waals surface area contributed by atoms with Crippen LogP contribution in [0.2, 0.25) is 0 Å². The van der Waals surface area contributed by atoms with E-state index in [1.165, 1.54) is 0 Å². The Morgan fingerprint density at radius 1 is 1.00 bits per heavy atom. The molecule has 0 spiro atoms. The average Bonchev–Trinajstić information content (AvgIpc) is 3.51. The Balaban J connectivity index is 1.81. The fraction of sp³-hybridized carbons (Fsp3) is 0.231. The lowest BCUT2D eigenvalue weighted by Gasteiger charge is -2.39. The fourth-order valence-corrected chi connectivity index (χ4v) is 6.66. The van der Waals surface area contributed by atoms with Crippen LogP contribution in [0, 0.1) is 0 Å². The Morgan fingerprint density at radius 3 is 2.45 bits per heavy atom. The zero-order chi connectivity index (χ0) is 22.3. The molecule has 1 saturated heterocycles. The number of nitrogens with one attached hydrogen (secondary N) is 1. The molecular formula is C26H22N4O3. The van der Waals surface area contributed by atoms with Crippen LogP contribution in [0.4, 0.5) is 0 Å². The van der Waals surface area contributed by atoms with Crippen molar-refractivity contribution in [3.05, 3.63) is 54.7 Å². The number of nitrogens with zero attached hydrogens (tertiary/aromatic N) is 2. The lowest BCUT2D eigenvalue weighted by Crippen LogP contribution is -2.55. The smallest absolute Gasteiger partial charge is 0.197 e. The predicted molar refractivity (Wildman–Crippen MR) is 128 cm³/mol. The van der Waals surface area contributed by atoms with Gasteiger partial charge in [0.05, 0.1) is 27.5 Å². The Kier molecular flexibility index (Phi) is 2.91. The molecule has 5 N–H and O–H groups in total. The Morgan fingerprint density at radius 2 is 1.70 bits per heavy atom. The van der Waals surface area contributed by atoms with Gasteiger partial charge in [0.2, 0.25) is 0 Å². The maximum absolute atomic E-state index is 11.9. The molecule has 164 valence electrons. The molecule has 1 unspecified atom stereocenters. The summed E-state index contributed by atoms with van der Waals surface area (Å²) < 4.78 is 11.1. The summed E-state index contributed by atoms with van der Waals surface area (Å²) in [7, 11) is 0. The number of rotatable bonds is 1. The van der Waals surface area contributed by atoms with Gasteiger partial charge in [0.25, 0.3) is 0 Å². The Labute approximate surface area is 187 Å². The lowest BCUT2D eigenvalue weighted by atomic mass is 9.89. The van der Waals surface area contributed by atoms with Gasteiger partial charge >= 0.3 is 0 Å². The van der Waals surface area contributed by atoms with Crippen LogP contribution in [0.1, 0.15) is 19.6 Å². The molecule has 3 aromatic carbocycles. The molecule has 0 saturated carbocycles. The molecule has 5 heterocycles. The van der Waals surface area contributed by atoms with E-state index in [1.807, 2.05) is 37.4 Å². The van der Waals surface area contributed by atoms with E-state index in [0.717, 1.165) is 54.4 Å². The number of nitrogens with two attached hydrogens (primary N) is 1. The van der Waals surface area contributed by atoms with Crippen LogP contribution in [0.25, 0.3) is 54.4 Å². The SMILES string of the molecule is C[C@]12OC(C[C@@]1(O)CN)n1c3ccccc3c3c4c(O)[nH]cc4c4c5ccccc5n2c4c31. The summed E-state index contributed by atoms with van der Waals surface area (Å²) in [5.74, 6) is 0.159. The second kappa shape index (κ2) is 5.34. The van der Waals surface area contributed by atoms with Gasteiger partial charge in [-0.25, -0.2) is 0 Å². The third-order valence-electron chi connectivity index (χ3n) is 8.18. The Bertz CT molecular complexity index is 1830. The highest BCUT2D eigenvalue weighted by Crippen LogP contribution is 2.57. The van der Waals surface area contributed by atoms with Crippen LogP contribution < -0.4 is 5.73 Å². The Hall–Kier alpha value is -3.52. The van der Waals surface area contributed by atoms with Crippen molar-refractivity contribution in [3.63, 3.8) is 0 Å². The molecule has 3 aromatic heterocycles. The average molecular weight is 438 g/mol. The standard InChI is InChI=1S/C26H22N4O3/c1-25-26(32,12-27)10-18(33-25)29-16-8-4-2-6-13(16)20-21-15(11-28-24(21)31)19-14-7-3-5-9-17(14)30(25)23(19)22(20)29/h2-9,11,18,28,31-32H,10,12,27H2,1H3/t18?,25-,26+/m0/s1. The molecule has 1 fully saturated rings. The number of fused-ring (bicyclic) bond motifs is 13. The van der Waals surface area contributed by atoms with E-state index in [4.69, 9.17) is 10.5 Å². The van der Waals surface area contributed by atoms with Crippen molar-refractivity contribution in [1.82, 2.24) is 14.1 Å². The minimum Gasteiger partial charge on any atom is -0.494 e. The first-order chi connectivity index (χ1) is 16.0. The summed E-state index contributed by atoms with van der Waals surface area (Å²) in [5, 5.41) is 28.7. The molecule has 2 aliphatic rings. The molecular weight excluding hydrogens is 416 g/mol. The van der Waals surface area contributed by atoms with Crippen LogP contribution in [0.3, 0.4) is 0 Å². The van der Waals surface area contributed by atoms with E-state index in [0.29, 0.717) is 6.42 Å². The predicted octanol–water partition coefficient (Wildman–Crippen LogP) is 4.38. The molecule has 0 radical (unpaired) electrons. The van der Waals surface area contributed by atoms with Crippen LogP contribution in [0.15, 0.2) is 54.7 Å². The third-order valence-corrected chi connectivity index (χ3v) is 8.18. The van der Waals surface area contributed by atoms with Gasteiger partial charge in [-0.15, -0.1) is 0 Å². The molecule has 3 atom stereocenters. The highest BCUT2D eigenvalue weighted by atomic mass is 16.6. The number of aliphatic hydroxyl groups is 1. The summed E-state index contributed by atoms with van der Waals surface area (Å²) in [4.78, 5) is 3.06. The van der Waals surface area contributed by atoms with Gasteiger partial charge in [0.1, 0.15) is 11.8 Å². The number of hydrogen-bond donors (Lipinski definition) is 4. The largest absolute Gasteiger partial charge is 0.494 e. The molecule has 0 amide bonds. The van der Waals surface area contributed by atoms with Crippen molar-refractivity contribution in [3.8, 4) is 5.88 Å². The number of aromatic nitrogens is 3. The second-order valence-electron chi connectivity index (χ2n) is 9.61. The van der Waals surface area contributed by atoms with E-state index < -0.39 is 17.6 Å². The highest BCUT2D eigenvalue weighted by Gasteiger charge is 2.60. The number of H-pyrrole nitrogens is 1. The summed E-state index contributed by atoms with van der Waals surface area (Å²) in [6.07, 6.45) is 1.86. The molecule has 2 aliphatic heterocycles. The van der Waals surface area contributed by atoms with E-state index in [-0.39, 0.29) is 12.4 Å². The maximum atomic E-state index is 11.9. The number of para-hydroxylation sites is 2. The van der Waals surface area contributed by atoms with E-state index in [9.17, 15) is 10.2 Å². The van der Waals surface area contributed by atoms with Gasteiger partial charge in [-0.2, -0.15) is 0 Å². The topological polar surface area (TPSA) is 101 Å². The highest BCUT2D eigenvalue weighted by molar-refractivity contribution is 6.37. The number of ether oxygens (including phenoxy) is 1. The molecule has 6 aromatic rings. The third kappa shape index (κ3) is 1.73. The van der Waals surface area contributed by atoms with Gasteiger partial charge in [0.15, 0.2) is 11.6 Å². The summed E-state index contributed by atoms with van der Waals surface area (Å²) in [6, 6.07) is 16.4. The van der Waals surface area contributed by atoms with Crippen LogP contribution in [-0.4, -0.2) is 36.5 Å². The minimum absolute atomic E-state index is 0.0822. The fourth-order valence-electron chi connectivity index (χ4n) is 6.66.